The number of amidine groups is 1. The predicted molar refractivity (Wildman–Crippen MR) is 111 cm³/mol. The SMILES string of the molecule is CC(C)(C)C1=NN2C(=Nc3sc(C(C)(C)C)n[n+]3C2c2cccc(O)c2)S1.[Cl-]. The summed E-state index contributed by atoms with van der Waals surface area (Å²) in [5.41, 5.74) is 0.810. The zero-order chi connectivity index (χ0) is 19.6. The summed E-state index contributed by atoms with van der Waals surface area (Å²) in [5.74, 6) is 0.233. The van der Waals surface area contributed by atoms with Gasteiger partial charge in [0.1, 0.15) is 15.8 Å². The second-order valence-electron chi connectivity index (χ2n) is 8.85. The van der Waals surface area contributed by atoms with Gasteiger partial charge in [0.2, 0.25) is 6.17 Å². The van der Waals surface area contributed by atoms with Crippen molar-refractivity contribution in [2.45, 2.75) is 53.1 Å². The Labute approximate surface area is 179 Å². The van der Waals surface area contributed by atoms with Gasteiger partial charge in [-0.15, -0.1) is 0 Å². The van der Waals surface area contributed by atoms with Gasteiger partial charge in [0, 0.05) is 21.4 Å². The summed E-state index contributed by atoms with van der Waals surface area (Å²) in [7, 11) is 0. The molecule has 0 saturated heterocycles. The number of hydrogen-bond acceptors (Lipinski definition) is 7. The molecule has 4 rings (SSSR count). The number of hydrazone groups is 1. The second kappa shape index (κ2) is 7.00. The van der Waals surface area contributed by atoms with E-state index in [0.29, 0.717) is 0 Å². The van der Waals surface area contributed by atoms with Crippen molar-refractivity contribution in [3.63, 3.8) is 0 Å². The Morgan fingerprint density at radius 1 is 1.11 bits per heavy atom. The van der Waals surface area contributed by atoms with E-state index in [9.17, 15) is 5.11 Å². The zero-order valence-electron chi connectivity index (χ0n) is 16.8. The third-order valence-corrected chi connectivity index (χ3v) is 6.97. The van der Waals surface area contributed by atoms with Gasteiger partial charge in [0.25, 0.3) is 0 Å². The minimum Gasteiger partial charge on any atom is -1.00 e. The van der Waals surface area contributed by atoms with Crippen molar-refractivity contribution < 1.29 is 22.2 Å². The van der Waals surface area contributed by atoms with Crippen molar-refractivity contribution in [3.05, 3.63) is 34.8 Å². The molecule has 0 spiro atoms. The Kier molecular flexibility index (Phi) is 5.27. The molecule has 0 aliphatic carbocycles. The molecule has 2 aliphatic rings. The minimum atomic E-state index is -0.265. The molecule has 3 heterocycles. The Bertz CT molecular complexity index is 971. The maximum atomic E-state index is 10.0. The van der Waals surface area contributed by atoms with E-state index in [1.165, 1.54) is 0 Å². The molecule has 28 heavy (non-hydrogen) atoms. The summed E-state index contributed by atoms with van der Waals surface area (Å²) >= 11 is 3.23. The lowest BCUT2D eigenvalue weighted by atomic mass is 9.98. The number of aromatic nitrogens is 2. The van der Waals surface area contributed by atoms with Crippen molar-refractivity contribution in [3.8, 4) is 5.75 Å². The number of nitrogens with zero attached hydrogens (tertiary/aromatic N) is 5. The van der Waals surface area contributed by atoms with Crippen molar-refractivity contribution in [1.29, 1.82) is 0 Å². The highest BCUT2D eigenvalue weighted by atomic mass is 35.5. The van der Waals surface area contributed by atoms with Gasteiger partial charge in [-0.2, -0.15) is 10.1 Å². The van der Waals surface area contributed by atoms with Gasteiger partial charge in [-0.3, -0.25) is 0 Å². The number of fused-ring (bicyclic) bond motifs is 2. The van der Waals surface area contributed by atoms with E-state index in [4.69, 9.17) is 15.2 Å². The maximum Gasteiger partial charge on any atom is 0.409 e. The van der Waals surface area contributed by atoms with Crippen LogP contribution >= 0.6 is 23.1 Å². The fourth-order valence-corrected chi connectivity index (χ4v) is 4.82. The first-order valence-corrected chi connectivity index (χ1v) is 10.5. The van der Waals surface area contributed by atoms with Crippen LogP contribution in [0.5, 0.6) is 5.75 Å². The van der Waals surface area contributed by atoms with Crippen LogP contribution in [-0.2, 0) is 5.41 Å². The number of phenolic OH excluding ortho intramolecular Hbond substituents is 1. The van der Waals surface area contributed by atoms with Gasteiger partial charge in [-0.05, 0) is 35.2 Å². The molecule has 1 atom stereocenters. The van der Waals surface area contributed by atoms with Crippen molar-refractivity contribution >= 4 is 38.4 Å². The Morgan fingerprint density at radius 3 is 2.43 bits per heavy atom. The van der Waals surface area contributed by atoms with E-state index < -0.39 is 0 Å². The molecule has 1 aromatic heterocycles. The first-order chi connectivity index (χ1) is 12.5. The molecular weight excluding hydrogens is 414 g/mol. The van der Waals surface area contributed by atoms with Crippen LogP contribution in [0.25, 0.3) is 0 Å². The molecule has 2 aromatic rings. The zero-order valence-corrected chi connectivity index (χ0v) is 19.2. The average molecular weight is 438 g/mol. The van der Waals surface area contributed by atoms with E-state index in [-0.39, 0.29) is 35.2 Å². The fraction of sp³-hybridized carbons (Fsp3) is 0.474. The highest BCUT2D eigenvalue weighted by Gasteiger charge is 2.47. The second-order valence-corrected chi connectivity index (χ2v) is 10.8. The number of thioether (sulfide) groups is 1. The fourth-order valence-electron chi connectivity index (χ4n) is 2.81. The molecule has 150 valence electrons. The number of benzene rings is 1. The monoisotopic (exact) mass is 437 g/mol. The number of aliphatic imine (C=N–C) groups is 1. The maximum absolute atomic E-state index is 10.0. The van der Waals surface area contributed by atoms with Crippen molar-refractivity contribution in [2.24, 2.45) is 15.5 Å². The third-order valence-electron chi connectivity index (χ3n) is 4.27. The molecule has 9 heteroatoms. The highest BCUT2D eigenvalue weighted by molar-refractivity contribution is 8.27. The van der Waals surface area contributed by atoms with Crippen molar-refractivity contribution in [1.82, 2.24) is 10.1 Å². The molecule has 0 saturated carbocycles. The Morgan fingerprint density at radius 2 is 1.82 bits per heavy atom. The molecule has 0 bridgehead atoms. The number of hydrogen-bond donors (Lipinski definition) is 1. The number of rotatable bonds is 1. The molecular formula is C19H24ClN5OS2. The Hall–Kier alpha value is -1.64. The summed E-state index contributed by atoms with van der Waals surface area (Å²) in [5, 5.41) is 25.5. The summed E-state index contributed by atoms with van der Waals surface area (Å²) < 4.78 is 1.93. The van der Waals surface area contributed by atoms with E-state index in [0.717, 1.165) is 25.9 Å². The van der Waals surface area contributed by atoms with Gasteiger partial charge in [0.15, 0.2) is 0 Å². The van der Waals surface area contributed by atoms with Crippen LogP contribution in [0.4, 0.5) is 5.13 Å². The van der Waals surface area contributed by atoms with Crippen LogP contribution in [0.1, 0.15) is 58.3 Å². The van der Waals surface area contributed by atoms with Crippen molar-refractivity contribution in [2.75, 3.05) is 0 Å². The van der Waals surface area contributed by atoms with E-state index in [1.807, 2.05) is 21.8 Å². The standard InChI is InChI=1S/C19H23N5OS2.ClH/c1-18(2,3)14-21-23-13(11-8-7-9-12(25)10-11)24-17(20-16(23)26-14)27-15(22-24)19(4,5)6;/h7-10,13H,1-6H3;1H. The first kappa shape index (κ1) is 21.1. The molecule has 6 nitrogen and oxygen atoms in total. The number of phenols is 1. The molecule has 2 aliphatic heterocycles. The van der Waals surface area contributed by atoms with Gasteiger partial charge in [-0.25, -0.2) is 0 Å². The lowest BCUT2D eigenvalue weighted by Crippen LogP contribution is -3.00. The summed E-state index contributed by atoms with van der Waals surface area (Å²) in [6.07, 6.45) is -0.265. The van der Waals surface area contributed by atoms with Gasteiger partial charge in [-0.1, -0.05) is 63.5 Å². The summed E-state index contributed by atoms with van der Waals surface area (Å²) in [6, 6.07) is 7.30. The molecule has 0 amide bonds. The number of aromatic hydroxyl groups is 1. The smallest absolute Gasteiger partial charge is 0.409 e. The topological polar surface area (TPSA) is 65.0 Å². The summed E-state index contributed by atoms with van der Waals surface area (Å²) in [4.78, 5) is 4.85. The van der Waals surface area contributed by atoms with Crippen LogP contribution in [0.15, 0.2) is 34.4 Å². The van der Waals surface area contributed by atoms with E-state index in [1.54, 1.807) is 35.2 Å². The molecule has 0 fully saturated rings. The minimum absolute atomic E-state index is 0. The predicted octanol–water partition coefficient (Wildman–Crippen LogP) is 1.39. The van der Waals surface area contributed by atoms with E-state index in [2.05, 4.69) is 41.5 Å². The van der Waals surface area contributed by atoms with Crippen LogP contribution < -0.4 is 17.1 Å². The molecule has 1 unspecified atom stereocenters. The molecule has 1 N–H and O–H groups in total. The largest absolute Gasteiger partial charge is 1.00 e. The van der Waals surface area contributed by atoms with Crippen LogP contribution in [-0.4, -0.2) is 25.4 Å². The van der Waals surface area contributed by atoms with Crippen LogP contribution in [0.3, 0.4) is 0 Å². The third kappa shape index (κ3) is 3.65. The van der Waals surface area contributed by atoms with Crippen LogP contribution in [0, 0.1) is 5.41 Å². The average Bonchev–Trinajstić information content (AvgIpc) is 3.15. The van der Waals surface area contributed by atoms with Gasteiger partial charge < -0.3 is 17.5 Å². The number of halogens is 1. The quantitative estimate of drug-likeness (QED) is 0.685. The normalized spacial score (nSPS) is 18.8. The Balaban J connectivity index is 0.00000225. The van der Waals surface area contributed by atoms with E-state index >= 15 is 0 Å². The lowest BCUT2D eigenvalue weighted by molar-refractivity contribution is -0.770. The van der Waals surface area contributed by atoms with Crippen LogP contribution in [0.2, 0.25) is 0 Å². The highest BCUT2D eigenvalue weighted by Crippen LogP contribution is 2.41. The van der Waals surface area contributed by atoms with Gasteiger partial charge >= 0.3 is 10.3 Å². The lowest BCUT2D eigenvalue weighted by Gasteiger charge is -2.23. The van der Waals surface area contributed by atoms with Gasteiger partial charge in [0.05, 0.1) is 0 Å². The summed E-state index contributed by atoms with van der Waals surface area (Å²) in [6.45, 7) is 12.9. The first-order valence-electron chi connectivity index (χ1n) is 8.91. The molecule has 0 radical (unpaired) electrons. The molecule has 1 aromatic carbocycles.